The summed E-state index contributed by atoms with van der Waals surface area (Å²) in [5.41, 5.74) is 0. The molecule has 4 unspecified atom stereocenters. The van der Waals surface area contributed by atoms with E-state index in [1.807, 2.05) is 13.8 Å². The molecule has 0 aromatic heterocycles. The fourth-order valence-electron chi connectivity index (χ4n) is 1.61. The number of rotatable bonds is 0. The third kappa shape index (κ3) is 1.49. The number of Topliss-reactive ketones (excluding diaryl/α,β-unsaturated/α-hetero) is 1. The average molecular weight is 209 g/mol. The van der Waals surface area contributed by atoms with Crippen molar-refractivity contribution in [3.63, 3.8) is 0 Å². The van der Waals surface area contributed by atoms with Crippen LogP contribution < -0.4 is 0 Å². The van der Waals surface area contributed by atoms with Gasteiger partial charge in [0.05, 0.1) is 5.38 Å². The van der Waals surface area contributed by atoms with Crippen LogP contribution in [-0.4, -0.2) is 16.0 Å². The summed E-state index contributed by atoms with van der Waals surface area (Å²) in [5.74, 6) is 0.484. The van der Waals surface area contributed by atoms with Crippen molar-refractivity contribution in [2.75, 3.05) is 0 Å². The van der Waals surface area contributed by atoms with Crippen LogP contribution in [0.3, 0.4) is 0 Å². The molecule has 0 heterocycles. The van der Waals surface area contributed by atoms with E-state index in [9.17, 15) is 4.79 Å². The van der Waals surface area contributed by atoms with Crippen molar-refractivity contribution in [3.05, 3.63) is 0 Å². The fourth-order valence-corrected chi connectivity index (χ4v) is 2.26. The van der Waals surface area contributed by atoms with Crippen LogP contribution in [0.25, 0.3) is 0 Å². The van der Waals surface area contributed by atoms with Crippen molar-refractivity contribution in [3.8, 4) is 0 Å². The maximum atomic E-state index is 11.7. The van der Waals surface area contributed by atoms with E-state index in [1.165, 1.54) is 0 Å². The summed E-state index contributed by atoms with van der Waals surface area (Å²) in [5, 5.41) is -0.224. The molecule has 12 heavy (non-hydrogen) atoms. The van der Waals surface area contributed by atoms with Gasteiger partial charge in [0, 0.05) is 5.92 Å². The Kier molecular flexibility index (Phi) is 2.75. The van der Waals surface area contributed by atoms with Gasteiger partial charge in [-0.1, -0.05) is 13.8 Å². The third-order valence-corrected chi connectivity index (χ3v) is 4.09. The number of carbonyl (C=O) groups is 1. The Labute approximate surface area is 83.4 Å². The van der Waals surface area contributed by atoms with E-state index in [1.54, 1.807) is 6.92 Å². The molecule has 4 atom stereocenters. The Morgan fingerprint density at radius 3 is 2.50 bits per heavy atom. The van der Waals surface area contributed by atoms with E-state index < -0.39 is 4.87 Å². The number of hydrogen-bond donors (Lipinski definition) is 0. The van der Waals surface area contributed by atoms with Gasteiger partial charge >= 0.3 is 0 Å². The molecule has 0 bridgehead atoms. The van der Waals surface area contributed by atoms with Crippen LogP contribution in [0, 0.1) is 11.8 Å². The third-order valence-electron chi connectivity index (χ3n) is 2.92. The lowest BCUT2D eigenvalue weighted by Gasteiger charge is -2.38. The summed E-state index contributed by atoms with van der Waals surface area (Å²) in [6, 6.07) is 0. The highest BCUT2D eigenvalue weighted by Gasteiger charge is 2.46. The van der Waals surface area contributed by atoms with Crippen molar-refractivity contribution in [1.29, 1.82) is 0 Å². The molecule has 0 aromatic rings. The summed E-state index contributed by atoms with van der Waals surface area (Å²) in [6.07, 6.45) is 0.828. The molecule has 70 valence electrons. The van der Waals surface area contributed by atoms with Gasteiger partial charge in [0.2, 0.25) is 0 Å². The Balaban J connectivity index is 2.88. The minimum absolute atomic E-state index is 0.0440. The molecular weight excluding hydrogens is 195 g/mol. The first-order valence-corrected chi connectivity index (χ1v) is 5.06. The predicted octanol–water partition coefficient (Wildman–Crippen LogP) is 2.84. The largest absolute Gasteiger partial charge is 0.297 e. The van der Waals surface area contributed by atoms with Crippen LogP contribution in [0.4, 0.5) is 0 Å². The second-order valence-electron chi connectivity index (χ2n) is 3.91. The van der Waals surface area contributed by atoms with Crippen LogP contribution in [0.5, 0.6) is 0 Å². The maximum Gasteiger partial charge on any atom is 0.158 e. The molecule has 1 nitrogen and oxygen atoms in total. The fraction of sp³-hybridized carbons (Fsp3) is 0.889. The molecule has 1 fully saturated rings. The zero-order valence-corrected chi connectivity index (χ0v) is 9.12. The summed E-state index contributed by atoms with van der Waals surface area (Å²) in [6.45, 7) is 5.69. The molecule has 1 rings (SSSR count). The Morgan fingerprint density at radius 1 is 1.50 bits per heavy atom. The van der Waals surface area contributed by atoms with Crippen LogP contribution in [-0.2, 0) is 4.79 Å². The van der Waals surface area contributed by atoms with E-state index >= 15 is 0 Å². The molecule has 3 heteroatoms. The average Bonchev–Trinajstić information content (AvgIpc) is 1.99. The van der Waals surface area contributed by atoms with Gasteiger partial charge in [-0.15, -0.1) is 23.2 Å². The van der Waals surface area contributed by atoms with Crippen molar-refractivity contribution in [1.82, 2.24) is 0 Å². The molecular formula is C9H14Cl2O. The number of halogens is 2. The van der Waals surface area contributed by atoms with Crippen LogP contribution in [0.1, 0.15) is 27.2 Å². The van der Waals surface area contributed by atoms with E-state index in [0.717, 1.165) is 6.42 Å². The molecule has 0 spiro atoms. The Hall–Kier alpha value is 0.250. The zero-order chi connectivity index (χ0) is 9.52. The van der Waals surface area contributed by atoms with Gasteiger partial charge in [0.1, 0.15) is 4.87 Å². The van der Waals surface area contributed by atoms with Crippen molar-refractivity contribution >= 4 is 29.0 Å². The van der Waals surface area contributed by atoms with Crippen molar-refractivity contribution < 1.29 is 4.79 Å². The highest BCUT2D eigenvalue weighted by atomic mass is 35.5. The van der Waals surface area contributed by atoms with E-state index in [2.05, 4.69) is 0 Å². The van der Waals surface area contributed by atoms with Crippen molar-refractivity contribution in [2.45, 2.75) is 37.4 Å². The molecule has 0 aliphatic heterocycles. The molecule has 1 saturated carbocycles. The first kappa shape index (κ1) is 10.3. The molecule has 0 amide bonds. The van der Waals surface area contributed by atoms with Crippen LogP contribution >= 0.6 is 23.2 Å². The molecule has 0 N–H and O–H groups in total. The molecule has 0 aromatic carbocycles. The van der Waals surface area contributed by atoms with Crippen LogP contribution in [0.2, 0.25) is 0 Å². The number of carbonyl (C=O) groups excluding carboxylic acids is 1. The van der Waals surface area contributed by atoms with Crippen molar-refractivity contribution in [2.24, 2.45) is 11.8 Å². The predicted molar refractivity (Wildman–Crippen MR) is 51.9 cm³/mol. The summed E-state index contributed by atoms with van der Waals surface area (Å²) in [7, 11) is 0. The normalized spacial score (nSPS) is 49.4. The Bertz CT molecular complexity index is 201. The van der Waals surface area contributed by atoms with E-state index in [4.69, 9.17) is 23.2 Å². The standard InChI is InChI=1S/C9H14Cl2O/c1-5-4-7(10)9(3,11)8(12)6(5)2/h5-7H,4H2,1-3H3. The first-order chi connectivity index (χ1) is 5.37. The molecule has 1 aliphatic carbocycles. The number of hydrogen-bond acceptors (Lipinski definition) is 1. The van der Waals surface area contributed by atoms with Gasteiger partial charge in [0.25, 0.3) is 0 Å². The molecule has 0 saturated heterocycles. The van der Waals surface area contributed by atoms with Gasteiger partial charge in [0.15, 0.2) is 5.78 Å². The molecule has 0 radical (unpaired) electrons. The van der Waals surface area contributed by atoms with E-state index in [-0.39, 0.29) is 17.1 Å². The van der Waals surface area contributed by atoms with Gasteiger partial charge in [-0.25, -0.2) is 0 Å². The highest BCUT2D eigenvalue weighted by Crippen LogP contribution is 2.40. The monoisotopic (exact) mass is 208 g/mol. The quantitative estimate of drug-likeness (QED) is 0.560. The highest BCUT2D eigenvalue weighted by molar-refractivity contribution is 6.41. The summed E-state index contributed by atoms with van der Waals surface area (Å²) < 4.78 is 0. The number of ketones is 1. The van der Waals surface area contributed by atoms with Gasteiger partial charge < -0.3 is 0 Å². The smallest absolute Gasteiger partial charge is 0.158 e. The van der Waals surface area contributed by atoms with Gasteiger partial charge in [-0.3, -0.25) is 4.79 Å². The minimum Gasteiger partial charge on any atom is -0.297 e. The summed E-state index contributed by atoms with van der Waals surface area (Å²) >= 11 is 12.1. The SMILES string of the molecule is CC1CC(Cl)C(C)(Cl)C(=O)C1C. The zero-order valence-electron chi connectivity index (χ0n) is 7.60. The van der Waals surface area contributed by atoms with Gasteiger partial charge in [-0.05, 0) is 19.3 Å². The number of alkyl halides is 2. The molecule has 1 aliphatic rings. The van der Waals surface area contributed by atoms with Crippen LogP contribution in [0.15, 0.2) is 0 Å². The second kappa shape index (κ2) is 3.19. The van der Waals surface area contributed by atoms with Gasteiger partial charge in [-0.2, -0.15) is 0 Å². The lowest BCUT2D eigenvalue weighted by Crippen LogP contribution is -2.49. The van der Waals surface area contributed by atoms with E-state index in [0.29, 0.717) is 5.92 Å². The summed E-state index contributed by atoms with van der Waals surface area (Å²) in [4.78, 5) is 10.8. The Morgan fingerprint density at radius 2 is 2.00 bits per heavy atom. The second-order valence-corrected chi connectivity index (χ2v) is 5.22. The minimum atomic E-state index is -0.854. The maximum absolute atomic E-state index is 11.7. The topological polar surface area (TPSA) is 17.1 Å². The first-order valence-electron chi connectivity index (χ1n) is 4.24. The lowest BCUT2D eigenvalue weighted by molar-refractivity contribution is -0.128. The lowest BCUT2D eigenvalue weighted by atomic mass is 9.75.